The van der Waals surface area contributed by atoms with E-state index in [1.165, 1.54) is 0 Å². The minimum absolute atomic E-state index is 0.00112. The van der Waals surface area contributed by atoms with Crippen molar-refractivity contribution in [1.29, 1.82) is 0 Å². The van der Waals surface area contributed by atoms with Crippen molar-refractivity contribution in [3.63, 3.8) is 0 Å². The zero-order valence-corrected chi connectivity index (χ0v) is 18.5. The second-order valence-corrected chi connectivity index (χ2v) is 8.09. The van der Waals surface area contributed by atoms with Crippen LogP contribution >= 0.6 is 0 Å². The number of aryl methyl sites for hydroxylation is 1. The van der Waals surface area contributed by atoms with Crippen molar-refractivity contribution >= 4 is 5.91 Å². The van der Waals surface area contributed by atoms with Crippen molar-refractivity contribution in [3.8, 4) is 5.75 Å². The van der Waals surface area contributed by atoms with Gasteiger partial charge in [0, 0.05) is 0 Å². The Bertz CT molecular complexity index is 941. The van der Waals surface area contributed by atoms with Crippen LogP contribution in [0.3, 0.4) is 0 Å². The zero-order chi connectivity index (χ0) is 21.7. The van der Waals surface area contributed by atoms with Crippen molar-refractivity contribution < 1.29 is 9.53 Å². The first-order chi connectivity index (χ1) is 14.4. The highest BCUT2D eigenvalue weighted by Gasteiger charge is 2.25. The van der Waals surface area contributed by atoms with Crippen molar-refractivity contribution in [2.24, 2.45) is 0 Å². The third-order valence-electron chi connectivity index (χ3n) is 5.59. The number of benzene rings is 3. The molecule has 3 aromatic carbocycles. The molecule has 0 saturated carbocycles. The van der Waals surface area contributed by atoms with Gasteiger partial charge >= 0.3 is 0 Å². The minimum atomic E-state index is -0.349. The monoisotopic (exact) mass is 401 g/mol. The summed E-state index contributed by atoms with van der Waals surface area (Å²) in [5.74, 6) is 0.888. The Balaban J connectivity index is 1.92. The van der Waals surface area contributed by atoms with Gasteiger partial charge < -0.3 is 10.1 Å². The largest absolute Gasteiger partial charge is 0.496 e. The fourth-order valence-corrected chi connectivity index (χ4v) is 3.97. The van der Waals surface area contributed by atoms with Gasteiger partial charge in [0.1, 0.15) is 5.75 Å². The molecule has 3 heteroatoms. The summed E-state index contributed by atoms with van der Waals surface area (Å²) in [4.78, 5) is 13.4. The van der Waals surface area contributed by atoms with Crippen LogP contribution in [-0.2, 0) is 4.79 Å². The first kappa shape index (κ1) is 21.6. The first-order valence-corrected chi connectivity index (χ1v) is 10.5. The lowest BCUT2D eigenvalue weighted by molar-refractivity contribution is -0.122. The van der Waals surface area contributed by atoms with Gasteiger partial charge in [0.05, 0.1) is 19.1 Å². The van der Waals surface area contributed by atoms with Crippen LogP contribution in [0.2, 0.25) is 0 Å². The summed E-state index contributed by atoms with van der Waals surface area (Å²) in [5.41, 5.74) is 5.36. The molecule has 3 aromatic rings. The Morgan fingerprint density at radius 1 is 0.833 bits per heavy atom. The number of rotatable bonds is 7. The average molecular weight is 402 g/mol. The molecular weight excluding hydrogens is 370 g/mol. The van der Waals surface area contributed by atoms with Crippen LogP contribution in [0.4, 0.5) is 0 Å². The van der Waals surface area contributed by atoms with Crippen LogP contribution in [-0.4, -0.2) is 13.0 Å². The average Bonchev–Trinajstić information content (AvgIpc) is 2.74. The first-order valence-electron chi connectivity index (χ1n) is 10.5. The number of ether oxygens (including phenoxy) is 1. The number of carbonyl (C=O) groups excluding carboxylic acids is 1. The quantitative estimate of drug-likeness (QED) is 0.517. The zero-order valence-electron chi connectivity index (χ0n) is 18.5. The Morgan fingerprint density at radius 2 is 1.37 bits per heavy atom. The normalized spacial score (nSPS) is 12.1. The fourth-order valence-electron chi connectivity index (χ4n) is 3.97. The Hall–Kier alpha value is -3.07. The van der Waals surface area contributed by atoms with Gasteiger partial charge in [-0.1, -0.05) is 74.5 Å². The number of amides is 1. The van der Waals surface area contributed by atoms with Gasteiger partial charge in [-0.05, 0) is 59.7 Å². The third kappa shape index (κ3) is 4.73. The molecule has 30 heavy (non-hydrogen) atoms. The summed E-state index contributed by atoms with van der Waals surface area (Å²) < 4.78 is 5.57. The lowest BCUT2D eigenvalue weighted by atomic mass is 9.89. The predicted molar refractivity (Wildman–Crippen MR) is 123 cm³/mol. The van der Waals surface area contributed by atoms with Crippen molar-refractivity contribution in [3.05, 3.63) is 101 Å². The Kier molecular flexibility index (Phi) is 6.94. The standard InChI is InChI=1S/C27H31NO2/c1-18(2)23-17-24(19(3)16-25(23)30-5)20(4)28-27(29)26(21-12-8-6-9-13-21)22-14-10-7-11-15-22/h6-18,20,26H,1-5H3,(H,28,29)/t20-/m1/s1. The van der Waals surface area contributed by atoms with Crippen molar-refractivity contribution in [2.45, 2.75) is 45.6 Å². The second-order valence-electron chi connectivity index (χ2n) is 8.09. The van der Waals surface area contributed by atoms with E-state index in [0.29, 0.717) is 5.92 Å². The van der Waals surface area contributed by atoms with E-state index in [1.807, 2.05) is 67.6 Å². The van der Waals surface area contributed by atoms with Crippen LogP contribution in [0.15, 0.2) is 72.8 Å². The molecule has 0 bridgehead atoms. The maximum absolute atomic E-state index is 13.4. The van der Waals surface area contributed by atoms with E-state index in [1.54, 1.807) is 7.11 Å². The van der Waals surface area contributed by atoms with Crippen molar-refractivity contribution in [2.75, 3.05) is 7.11 Å². The predicted octanol–water partition coefficient (Wildman–Crippen LogP) is 6.14. The van der Waals surface area contributed by atoms with Crippen LogP contribution in [0.5, 0.6) is 5.75 Å². The molecule has 3 rings (SSSR count). The molecule has 0 fully saturated rings. The maximum Gasteiger partial charge on any atom is 0.232 e. The number of carbonyl (C=O) groups is 1. The van der Waals surface area contributed by atoms with E-state index in [0.717, 1.165) is 33.6 Å². The molecular formula is C27H31NO2. The Labute approximate surface area is 180 Å². The molecule has 0 spiro atoms. The van der Waals surface area contributed by atoms with Crippen molar-refractivity contribution in [1.82, 2.24) is 5.32 Å². The van der Waals surface area contributed by atoms with Gasteiger partial charge in [-0.15, -0.1) is 0 Å². The van der Waals surface area contributed by atoms with Gasteiger partial charge in [-0.2, -0.15) is 0 Å². The summed E-state index contributed by atoms with van der Waals surface area (Å²) in [6.07, 6.45) is 0. The van der Waals surface area contributed by atoms with Crippen LogP contribution in [0.25, 0.3) is 0 Å². The molecule has 0 unspecified atom stereocenters. The van der Waals surface area contributed by atoms with Crippen LogP contribution in [0, 0.1) is 6.92 Å². The van der Waals surface area contributed by atoms with E-state index in [2.05, 4.69) is 38.2 Å². The molecule has 0 heterocycles. The number of nitrogens with one attached hydrogen (secondary N) is 1. The van der Waals surface area contributed by atoms with Gasteiger partial charge in [-0.25, -0.2) is 0 Å². The smallest absolute Gasteiger partial charge is 0.232 e. The molecule has 0 aromatic heterocycles. The topological polar surface area (TPSA) is 38.3 Å². The number of hydrogen-bond donors (Lipinski definition) is 1. The third-order valence-corrected chi connectivity index (χ3v) is 5.59. The Morgan fingerprint density at radius 3 is 1.83 bits per heavy atom. The van der Waals surface area contributed by atoms with E-state index in [4.69, 9.17) is 4.74 Å². The van der Waals surface area contributed by atoms with Gasteiger partial charge in [0.25, 0.3) is 0 Å². The summed E-state index contributed by atoms with van der Waals surface area (Å²) in [5, 5.41) is 3.26. The van der Waals surface area contributed by atoms with Gasteiger partial charge in [0.15, 0.2) is 0 Å². The lowest BCUT2D eigenvalue weighted by Crippen LogP contribution is -2.32. The van der Waals surface area contributed by atoms with E-state index >= 15 is 0 Å². The molecule has 156 valence electrons. The molecule has 3 nitrogen and oxygen atoms in total. The fraction of sp³-hybridized carbons (Fsp3) is 0.296. The van der Waals surface area contributed by atoms with Gasteiger partial charge in [0.2, 0.25) is 5.91 Å². The second kappa shape index (κ2) is 9.62. The van der Waals surface area contributed by atoms with E-state index in [9.17, 15) is 4.79 Å². The number of methoxy groups -OCH3 is 1. The molecule has 0 saturated heterocycles. The summed E-state index contributed by atoms with van der Waals surface area (Å²) >= 11 is 0. The highest BCUT2D eigenvalue weighted by atomic mass is 16.5. The summed E-state index contributed by atoms with van der Waals surface area (Å²) in [7, 11) is 1.70. The van der Waals surface area contributed by atoms with Crippen LogP contribution in [0.1, 0.15) is 66.5 Å². The molecule has 1 N–H and O–H groups in total. The molecule has 0 aliphatic rings. The minimum Gasteiger partial charge on any atom is -0.496 e. The highest BCUT2D eigenvalue weighted by molar-refractivity contribution is 5.87. The van der Waals surface area contributed by atoms with Crippen LogP contribution < -0.4 is 10.1 Å². The summed E-state index contributed by atoms with van der Waals surface area (Å²) in [6, 6.07) is 24.0. The summed E-state index contributed by atoms with van der Waals surface area (Å²) in [6.45, 7) is 8.42. The molecule has 0 aliphatic heterocycles. The lowest BCUT2D eigenvalue weighted by Gasteiger charge is -2.24. The maximum atomic E-state index is 13.4. The number of hydrogen-bond acceptors (Lipinski definition) is 2. The molecule has 0 radical (unpaired) electrons. The van der Waals surface area contributed by atoms with E-state index < -0.39 is 0 Å². The highest BCUT2D eigenvalue weighted by Crippen LogP contribution is 2.33. The molecule has 1 amide bonds. The van der Waals surface area contributed by atoms with E-state index in [-0.39, 0.29) is 17.9 Å². The molecule has 0 aliphatic carbocycles. The molecule has 1 atom stereocenters. The van der Waals surface area contributed by atoms with Gasteiger partial charge in [-0.3, -0.25) is 4.79 Å². The SMILES string of the molecule is COc1cc(C)c([C@@H](C)NC(=O)C(c2ccccc2)c2ccccc2)cc1C(C)C.